The van der Waals surface area contributed by atoms with Gasteiger partial charge >= 0.3 is 0 Å². The van der Waals surface area contributed by atoms with Gasteiger partial charge in [0.05, 0.1) is 5.75 Å². The van der Waals surface area contributed by atoms with Gasteiger partial charge in [-0.15, -0.1) is 0 Å². The maximum atomic E-state index is 12.8. The van der Waals surface area contributed by atoms with Crippen LogP contribution < -0.4 is 5.32 Å². The molecule has 2 aliphatic heterocycles. The topological polar surface area (TPSA) is 49.4 Å². The van der Waals surface area contributed by atoms with E-state index >= 15 is 0 Å². The number of nitrogens with zero attached hydrogens (tertiary/aromatic N) is 1. The highest BCUT2D eigenvalue weighted by atomic mass is 32.2. The van der Waals surface area contributed by atoms with E-state index in [0.717, 1.165) is 44.2 Å². The first-order chi connectivity index (χ1) is 10.2. The molecule has 2 unspecified atom stereocenters. The van der Waals surface area contributed by atoms with Crippen LogP contribution in [0.25, 0.3) is 0 Å². The molecular weight excluding hydrogens is 284 g/mol. The lowest BCUT2D eigenvalue weighted by molar-refractivity contribution is 0.210. The summed E-state index contributed by atoms with van der Waals surface area (Å²) >= 11 is 0. The zero-order valence-corrected chi connectivity index (χ0v) is 13.2. The Balaban J connectivity index is 1.78. The number of rotatable bonds is 4. The SMILES string of the molecule is O=S(=O)(Cc1ccccc1)N1CCCCC1C1CCCN1. The van der Waals surface area contributed by atoms with Crippen molar-refractivity contribution >= 4 is 10.0 Å². The van der Waals surface area contributed by atoms with Gasteiger partial charge in [0.25, 0.3) is 0 Å². The summed E-state index contributed by atoms with van der Waals surface area (Å²) in [5.74, 6) is 0.122. The molecule has 4 nitrogen and oxygen atoms in total. The van der Waals surface area contributed by atoms with E-state index in [1.54, 1.807) is 4.31 Å². The van der Waals surface area contributed by atoms with Crippen LogP contribution in [0.15, 0.2) is 30.3 Å². The molecule has 116 valence electrons. The van der Waals surface area contributed by atoms with Crippen molar-refractivity contribution in [2.45, 2.75) is 49.9 Å². The van der Waals surface area contributed by atoms with Crippen LogP contribution in [-0.4, -0.2) is 37.9 Å². The first-order valence-electron chi connectivity index (χ1n) is 7.94. The molecule has 1 N–H and O–H groups in total. The second-order valence-corrected chi connectivity index (χ2v) is 8.04. The molecule has 2 heterocycles. The molecule has 2 aliphatic rings. The fourth-order valence-corrected chi connectivity index (χ4v) is 5.44. The fraction of sp³-hybridized carbons (Fsp3) is 0.625. The molecule has 1 aromatic rings. The summed E-state index contributed by atoms with van der Waals surface area (Å²) in [6, 6.07) is 10.00. The van der Waals surface area contributed by atoms with Crippen LogP contribution in [0.1, 0.15) is 37.7 Å². The van der Waals surface area contributed by atoms with Crippen molar-refractivity contribution in [3.05, 3.63) is 35.9 Å². The van der Waals surface area contributed by atoms with E-state index < -0.39 is 10.0 Å². The number of sulfonamides is 1. The Bertz CT molecular complexity index is 553. The fourth-order valence-electron chi connectivity index (χ4n) is 3.59. The van der Waals surface area contributed by atoms with E-state index in [2.05, 4.69) is 5.32 Å². The summed E-state index contributed by atoms with van der Waals surface area (Å²) < 4.78 is 27.4. The Labute approximate surface area is 127 Å². The molecule has 2 fully saturated rings. The van der Waals surface area contributed by atoms with Crippen LogP contribution in [0.2, 0.25) is 0 Å². The molecular formula is C16H24N2O2S. The van der Waals surface area contributed by atoms with Crippen LogP contribution in [0, 0.1) is 0 Å². The average molecular weight is 308 g/mol. The van der Waals surface area contributed by atoms with Crippen molar-refractivity contribution in [3.63, 3.8) is 0 Å². The number of benzene rings is 1. The first kappa shape index (κ1) is 15.0. The number of nitrogens with one attached hydrogen (secondary N) is 1. The lowest BCUT2D eigenvalue weighted by Gasteiger charge is -2.38. The predicted molar refractivity (Wildman–Crippen MR) is 84.4 cm³/mol. The monoisotopic (exact) mass is 308 g/mol. The van der Waals surface area contributed by atoms with Gasteiger partial charge in [0.15, 0.2) is 0 Å². The van der Waals surface area contributed by atoms with E-state index in [-0.39, 0.29) is 11.8 Å². The predicted octanol–water partition coefficient (Wildman–Crippen LogP) is 2.12. The molecule has 5 heteroatoms. The second kappa shape index (κ2) is 6.46. The average Bonchev–Trinajstić information content (AvgIpc) is 3.02. The van der Waals surface area contributed by atoms with Crippen LogP contribution in [0.5, 0.6) is 0 Å². The molecule has 21 heavy (non-hydrogen) atoms. The van der Waals surface area contributed by atoms with Gasteiger partial charge in [-0.1, -0.05) is 36.8 Å². The Hall–Kier alpha value is -0.910. The van der Waals surface area contributed by atoms with Crippen molar-refractivity contribution in [2.24, 2.45) is 0 Å². The molecule has 0 spiro atoms. The maximum absolute atomic E-state index is 12.8. The summed E-state index contributed by atoms with van der Waals surface area (Å²) in [6.45, 7) is 1.70. The molecule has 2 saturated heterocycles. The summed E-state index contributed by atoms with van der Waals surface area (Å²) in [5, 5.41) is 3.49. The number of hydrogen-bond acceptors (Lipinski definition) is 3. The Morgan fingerprint density at radius 1 is 1.10 bits per heavy atom. The summed E-state index contributed by atoms with van der Waals surface area (Å²) in [4.78, 5) is 0. The van der Waals surface area contributed by atoms with Crippen LogP contribution in [0.4, 0.5) is 0 Å². The molecule has 0 aliphatic carbocycles. The van der Waals surface area contributed by atoms with Gasteiger partial charge in [-0.25, -0.2) is 8.42 Å². The van der Waals surface area contributed by atoms with Crippen molar-refractivity contribution in [1.82, 2.24) is 9.62 Å². The normalized spacial score (nSPS) is 27.8. The van der Waals surface area contributed by atoms with Gasteiger partial charge < -0.3 is 5.32 Å². The molecule has 1 aromatic carbocycles. The van der Waals surface area contributed by atoms with Crippen LogP contribution >= 0.6 is 0 Å². The first-order valence-corrected chi connectivity index (χ1v) is 9.54. The summed E-state index contributed by atoms with van der Waals surface area (Å²) in [6.07, 6.45) is 5.37. The van der Waals surface area contributed by atoms with Gasteiger partial charge in [-0.2, -0.15) is 4.31 Å². The molecule has 3 rings (SSSR count). The molecule has 2 atom stereocenters. The highest BCUT2D eigenvalue weighted by Gasteiger charge is 2.37. The summed E-state index contributed by atoms with van der Waals surface area (Å²) in [7, 11) is -3.23. The quantitative estimate of drug-likeness (QED) is 0.927. The molecule has 0 amide bonds. The number of piperidine rings is 1. The van der Waals surface area contributed by atoms with Crippen molar-refractivity contribution in [3.8, 4) is 0 Å². The Morgan fingerprint density at radius 3 is 2.62 bits per heavy atom. The number of hydrogen-bond donors (Lipinski definition) is 1. The minimum Gasteiger partial charge on any atom is -0.312 e. The minimum atomic E-state index is -3.23. The van der Waals surface area contributed by atoms with Gasteiger partial charge in [0.1, 0.15) is 0 Å². The summed E-state index contributed by atoms with van der Waals surface area (Å²) in [5.41, 5.74) is 0.876. The van der Waals surface area contributed by atoms with E-state index in [9.17, 15) is 8.42 Å². The lowest BCUT2D eigenvalue weighted by atomic mass is 9.97. The lowest BCUT2D eigenvalue weighted by Crippen LogP contribution is -2.52. The second-order valence-electron chi connectivity index (χ2n) is 6.12. The molecule has 0 radical (unpaired) electrons. The Morgan fingerprint density at radius 2 is 1.90 bits per heavy atom. The van der Waals surface area contributed by atoms with Gasteiger partial charge in [0, 0.05) is 18.6 Å². The third kappa shape index (κ3) is 3.47. The Kier molecular flexibility index (Phi) is 4.62. The smallest absolute Gasteiger partial charge is 0.218 e. The van der Waals surface area contributed by atoms with Gasteiger partial charge in [-0.3, -0.25) is 0 Å². The van der Waals surface area contributed by atoms with E-state index in [0.29, 0.717) is 12.6 Å². The third-order valence-electron chi connectivity index (χ3n) is 4.61. The van der Waals surface area contributed by atoms with Crippen LogP contribution in [-0.2, 0) is 15.8 Å². The van der Waals surface area contributed by atoms with Crippen molar-refractivity contribution in [1.29, 1.82) is 0 Å². The minimum absolute atomic E-state index is 0.122. The highest BCUT2D eigenvalue weighted by molar-refractivity contribution is 7.88. The zero-order chi connectivity index (χ0) is 14.7. The van der Waals surface area contributed by atoms with E-state index in [4.69, 9.17) is 0 Å². The largest absolute Gasteiger partial charge is 0.312 e. The van der Waals surface area contributed by atoms with Crippen molar-refractivity contribution in [2.75, 3.05) is 13.1 Å². The van der Waals surface area contributed by atoms with E-state index in [1.165, 1.54) is 0 Å². The maximum Gasteiger partial charge on any atom is 0.218 e. The van der Waals surface area contributed by atoms with E-state index in [1.807, 2.05) is 30.3 Å². The molecule has 0 aromatic heterocycles. The standard InChI is InChI=1S/C16H24N2O2S/c19-21(20,13-14-7-2-1-3-8-14)18-12-5-4-10-16(18)15-9-6-11-17-15/h1-3,7-8,15-17H,4-6,9-13H2. The molecule has 0 saturated carbocycles. The third-order valence-corrected chi connectivity index (χ3v) is 6.48. The zero-order valence-electron chi connectivity index (χ0n) is 12.4. The van der Waals surface area contributed by atoms with Crippen LogP contribution in [0.3, 0.4) is 0 Å². The van der Waals surface area contributed by atoms with Gasteiger partial charge in [-0.05, 0) is 37.8 Å². The highest BCUT2D eigenvalue weighted by Crippen LogP contribution is 2.28. The van der Waals surface area contributed by atoms with Crippen molar-refractivity contribution < 1.29 is 8.42 Å². The molecule has 0 bridgehead atoms. The van der Waals surface area contributed by atoms with Gasteiger partial charge in [0.2, 0.25) is 10.0 Å².